The lowest BCUT2D eigenvalue weighted by Crippen LogP contribution is -1.93. The summed E-state index contributed by atoms with van der Waals surface area (Å²) in [5.74, 6) is 0.597. The van der Waals surface area contributed by atoms with E-state index in [0.717, 1.165) is 23.9 Å². The number of aromatic nitrogens is 1. The smallest absolute Gasteiger partial charge is 0.132 e. The van der Waals surface area contributed by atoms with Gasteiger partial charge in [-0.15, -0.1) is 0 Å². The number of fused-ring (bicyclic) bond motifs is 1. The molecule has 0 aliphatic rings. The lowest BCUT2D eigenvalue weighted by atomic mass is 9.97. The third-order valence-electron chi connectivity index (χ3n) is 3.43. The molecule has 17 heavy (non-hydrogen) atoms. The van der Waals surface area contributed by atoms with Crippen molar-refractivity contribution in [3.05, 3.63) is 40.5 Å². The molecular formula is C15H18ClN. The summed E-state index contributed by atoms with van der Waals surface area (Å²) in [6.07, 6.45) is 2.09. The number of hydrogen-bond donors (Lipinski definition) is 0. The second-order valence-corrected chi connectivity index (χ2v) is 4.91. The zero-order valence-electron chi connectivity index (χ0n) is 10.6. The van der Waals surface area contributed by atoms with Crippen molar-refractivity contribution in [2.45, 2.75) is 39.5 Å². The lowest BCUT2D eigenvalue weighted by Gasteiger charge is -2.10. The molecule has 0 saturated heterocycles. The highest BCUT2D eigenvalue weighted by Crippen LogP contribution is 2.26. The number of benzene rings is 1. The third kappa shape index (κ3) is 2.44. The van der Waals surface area contributed by atoms with E-state index in [1.807, 2.05) is 0 Å². The fraction of sp³-hybridized carbons (Fsp3) is 0.400. The Morgan fingerprint density at radius 3 is 2.65 bits per heavy atom. The first-order valence-electron chi connectivity index (χ1n) is 6.24. The third-order valence-corrected chi connectivity index (χ3v) is 3.75. The SMILES string of the molecule is CCc1cc2cc(C(C)CC)ccc2nc1Cl. The van der Waals surface area contributed by atoms with E-state index < -0.39 is 0 Å². The minimum Gasteiger partial charge on any atom is -0.236 e. The number of aryl methyl sites for hydroxylation is 1. The summed E-state index contributed by atoms with van der Waals surface area (Å²) in [5, 5.41) is 1.83. The maximum atomic E-state index is 6.12. The first-order chi connectivity index (χ1) is 8.15. The topological polar surface area (TPSA) is 12.9 Å². The summed E-state index contributed by atoms with van der Waals surface area (Å²) in [7, 11) is 0. The van der Waals surface area contributed by atoms with Crippen molar-refractivity contribution in [1.82, 2.24) is 4.98 Å². The van der Waals surface area contributed by atoms with Crippen LogP contribution in [0.5, 0.6) is 0 Å². The molecular weight excluding hydrogens is 230 g/mol. The van der Waals surface area contributed by atoms with Crippen LogP contribution in [0.2, 0.25) is 5.15 Å². The Balaban J connectivity index is 2.56. The number of halogens is 1. The van der Waals surface area contributed by atoms with Crippen molar-refractivity contribution in [3.63, 3.8) is 0 Å². The highest BCUT2D eigenvalue weighted by molar-refractivity contribution is 6.30. The Bertz CT molecular complexity index is 534. The number of rotatable bonds is 3. The summed E-state index contributed by atoms with van der Waals surface area (Å²) in [6, 6.07) is 8.64. The molecule has 2 aromatic rings. The molecule has 1 nitrogen and oxygen atoms in total. The van der Waals surface area contributed by atoms with Crippen molar-refractivity contribution in [3.8, 4) is 0 Å². The minimum absolute atomic E-state index is 0.597. The molecule has 1 heterocycles. The van der Waals surface area contributed by atoms with Gasteiger partial charge >= 0.3 is 0 Å². The average Bonchev–Trinajstić information content (AvgIpc) is 2.36. The highest BCUT2D eigenvalue weighted by atomic mass is 35.5. The highest BCUT2D eigenvalue weighted by Gasteiger charge is 2.07. The molecule has 0 saturated carbocycles. The predicted molar refractivity (Wildman–Crippen MR) is 74.8 cm³/mol. The van der Waals surface area contributed by atoms with Gasteiger partial charge in [0.05, 0.1) is 5.52 Å². The maximum absolute atomic E-state index is 6.12. The van der Waals surface area contributed by atoms with Gasteiger partial charge in [-0.25, -0.2) is 4.98 Å². The van der Waals surface area contributed by atoms with E-state index in [1.165, 1.54) is 10.9 Å². The molecule has 0 fully saturated rings. The molecule has 0 aliphatic heterocycles. The van der Waals surface area contributed by atoms with Crippen LogP contribution in [0.4, 0.5) is 0 Å². The summed E-state index contributed by atoms with van der Waals surface area (Å²) in [5.41, 5.74) is 3.49. The molecule has 1 aromatic carbocycles. The van der Waals surface area contributed by atoms with Crippen LogP contribution < -0.4 is 0 Å². The first-order valence-corrected chi connectivity index (χ1v) is 6.62. The lowest BCUT2D eigenvalue weighted by molar-refractivity contribution is 0.734. The van der Waals surface area contributed by atoms with Crippen molar-refractivity contribution in [2.24, 2.45) is 0 Å². The standard InChI is InChI=1S/C15H18ClN/c1-4-10(3)12-6-7-14-13(9-12)8-11(5-2)15(16)17-14/h6-10H,4-5H2,1-3H3. The van der Waals surface area contributed by atoms with Crippen LogP contribution >= 0.6 is 11.6 Å². The van der Waals surface area contributed by atoms with Gasteiger partial charge in [-0.05, 0) is 48.1 Å². The fourth-order valence-corrected chi connectivity index (χ4v) is 2.28. The van der Waals surface area contributed by atoms with Gasteiger partial charge in [0.2, 0.25) is 0 Å². The average molecular weight is 248 g/mol. The van der Waals surface area contributed by atoms with E-state index in [0.29, 0.717) is 11.1 Å². The van der Waals surface area contributed by atoms with Gasteiger partial charge in [-0.3, -0.25) is 0 Å². The first kappa shape index (κ1) is 12.4. The molecule has 0 radical (unpaired) electrons. The molecule has 1 unspecified atom stereocenters. The second kappa shape index (κ2) is 5.05. The normalized spacial score (nSPS) is 12.9. The zero-order chi connectivity index (χ0) is 12.4. The Labute approximate surface area is 108 Å². The molecule has 0 N–H and O–H groups in total. The van der Waals surface area contributed by atoms with Gasteiger partial charge in [-0.2, -0.15) is 0 Å². The number of pyridine rings is 1. The fourth-order valence-electron chi connectivity index (χ4n) is 2.01. The van der Waals surface area contributed by atoms with Crippen LogP contribution in [0.15, 0.2) is 24.3 Å². The van der Waals surface area contributed by atoms with Crippen LogP contribution in [0.25, 0.3) is 10.9 Å². The number of nitrogens with zero attached hydrogens (tertiary/aromatic N) is 1. The van der Waals surface area contributed by atoms with E-state index in [2.05, 4.69) is 50.0 Å². The van der Waals surface area contributed by atoms with Crippen LogP contribution in [-0.4, -0.2) is 4.98 Å². The Hall–Kier alpha value is -1.08. The predicted octanol–water partition coefficient (Wildman–Crippen LogP) is 4.96. The molecule has 0 amide bonds. The van der Waals surface area contributed by atoms with Gasteiger partial charge in [-0.1, -0.05) is 38.4 Å². The summed E-state index contributed by atoms with van der Waals surface area (Å²) in [4.78, 5) is 4.44. The minimum atomic E-state index is 0.597. The number of hydrogen-bond acceptors (Lipinski definition) is 1. The van der Waals surface area contributed by atoms with E-state index in [4.69, 9.17) is 11.6 Å². The summed E-state index contributed by atoms with van der Waals surface area (Å²) in [6.45, 7) is 6.57. The largest absolute Gasteiger partial charge is 0.236 e. The van der Waals surface area contributed by atoms with Gasteiger partial charge < -0.3 is 0 Å². The quantitative estimate of drug-likeness (QED) is 0.699. The Morgan fingerprint density at radius 1 is 1.24 bits per heavy atom. The summed E-state index contributed by atoms with van der Waals surface area (Å²) >= 11 is 6.12. The Kier molecular flexibility index (Phi) is 3.68. The molecule has 0 aliphatic carbocycles. The van der Waals surface area contributed by atoms with Crippen LogP contribution in [0.1, 0.15) is 44.2 Å². The molecule has 1 atom stereocenters. The van der Waals surface area contributed by atoms with Gasteiger partial charge in [0.1, 0.15) is 5.15 Å². The molecule has 90 valence electrons. The second-order valence-electron chi connectivity index (χ2n) is 4.55. The monoisotopic (exact) mass is 247 g/mol. The van der Waals surface area contributed by atoms with E-state index in [9.17, 15) is 0 Å². The van der Waals surface area contributed by atoms with Crippen molar-refractivity contribution in [2.75, 3.05) is 0 Å². The van der Waals surface area contributed by atoms with Gasteiger partial charge in [0, 0.05) is 5.39 Å². The van der Waals surface area contributed by atoms with Crippen molar-refractivity contribution in [1.29, 1.82) is 0 Å². The van der Waals surface area contributed by atoms with Crippen molar-refractivity contribution < 1.29 is 0 Å². The van der Waals surface area contributed by atoms with E-state index in [-0.39, 0.29) is 0 Å². The van der Waals surface area contributed by atoms with E-state index in [1.54, 1.807) is 0 Å². The molecule has 2 rings (SSSR count). The van der Waals surface area contributed by atoms with Gasteiger partial charge in [0.25, 0.3) is 0 Å². The van der Waals surface area contributed by atoms with Gasteiger partial charge in [0.15, 0.2) is 0 Å². The maximum Gasteiger partial charge on any atom is 0.132 e. The Morgan fingerprint density at radius 2 is 2.00 bits per heavy atom. The summed E-state index contributed by atoms with van der Waals surface area (Å²) < 4.78 is 0. The zero-order valence-corrected chi connectivity index (χ0v) is 11.4. The van der Waals surface area contributed by atoms with Crippen LogP contribution in [-0.2, 0) is 6.42 Å². The van der Waals surface area contributed by atoms with Crippen LogP contribution in [0, 0.1) is 0 Å². The van der Waals surface area contributed by atoms with E-state index >= 15 is 0 Å². The van der Waals surface area contributed by atoms with Crippen molar-refractivity contribution >= 4 is 22.5 Å². The molecule has 0 bridgehead atoms. The van der Waals surface area contributed by atoms with Crippen LogP contribution in [0.3, 0.4) is 0 Å². The molecule has 1 aromatic heterocycles. The molecule has 0 spiro atoms. The molecule has 2 heteroatoms.